The van der Waals surface area contributed by atoms with Gasteiger partial charge in [-0.15, -0.1) is 18.8 Å². The number of nitrogens with one attached hydrogen (secondary N) is 1. The number of nitrogens with zero attached hydrogens (tertiary/aromatic N) is 2. The minimum Gasteiger partial charge on any atom is -0.493 e. The van der Waals surface area contributed by atoms with E-state index in [9.17, 15) is 0 Å². The van der Waals surface area contributed by atoms with Crippen molar-refractivity contribution in [1.82, 2.24) is 9.88 Å². The van der Waals surface area contributed by atoms with Gasteiger partial charge in [-0.05, 0) is 44.4 Å². The number of ether oxygens (including phenoxy) is 3. The maximum Gasteiger partial charge on any atom is 0.189 e. The van der Waals surface area contributed by atoms with Crippen LogP contribution in [0, 0.1) is 18.3 Å². The Labute approximate surface area is 212 Å². The predicted octanol–water partition coefficient (Wildman–Crippen LogP) is 4.95. The maximum absolute atomic E-state index is 5.99. The molecular weight excluding hydrogens is 466 g/mol. The Morgan fingerprint density at radius 1 is 1.06 bits per heavy atom. The summed E-state index contributed by atoms with van der Waals surface area (Å²) in [5.41, 5.74) is 5.42. The fourth-order valence-corrected chi connectivity index (χ4v) is 4.02. The number of H-pyrrole nitrogens is 1. The highest BCUT2D eigenvalue weighted by Crippen LogP contribution is 2.46. The third kappa shape index (κ3) is 5.04. The van der Waals surface area contributed by atoms with E-state index in [2.05, 4.69) is 21.0 Å². The number of benzene rings is 2. The molecule has 8 heteroatoms. The number of hydrogen-bond acceptors (Lipinski definition) is 6. The van der Waals surface area contributed by atoms with E-state index in [0.717, 1.165) is 45.6 Å². The number of hydrogen-bond donors (Lipinski definition) is 1. The number of methoxy groups -OCH3 is 2. The van der Waals surface area contributed by atoms with Crippen LogP contribution in [0.2, 0.25) is 0 Å². The van der Waals surface area contributed by atoms with Crippen LogP contribution < -0.4 is 14.2 Å². The van der Waals surface area contributed by atoms with Crippen LogP contribution >= 0.6 is 12.4 Å². The Morgan fingerprint density at radius 3 is 2.34 bits per heavy atom. The molecule has 0 saturated heterocycles. The molecule has 1 N–H and O–H groups in total. The normalized spacial score (nSPS) is 13.9. The van der Waals surface area contributed by atoms with Crippen LogP contribution in [-0.4, -0.2) is 63.2 Å². The first-order chi connectivity index (χ1) is 16.4. The number of aromatic amines is 1. The molecule has 7 nitrogen and oxygen atoms in total. The zero-order chi connectivity index (χ0) is 24.4. The largest absolute Gasteiger partial charge is 0.493 e. The van der Waals surface area contributed by atoms with Gasteiger partial charge in [-0.25, -0.2) is 0 Å². The molecular formula is C27H32ClN3O4. The zero-order valence-electron chi connectivity index (χ0n) is 21.0. The highest BCUT2D eigenvalue weighted by atomic mass is 35.5. The van der Waals surface area contributed by atoms with Gasteiger partial charge in [-0.2, -0.15) is 0 Å². The molecule has 35 heavy (non-hydrogen) atoms. The number of aromatic nitrogens is 1. The van der Waals surface area contributed by atoms with E-state index in [-0.39, 0.29) is 18.3 Å². The van der Waals surface area contributed by atoms with E-state index < -0.39 is 6.10 Å². The van der Waals surface area contributed by atoms with Gasteiger partial charge < -0.3 is 28.9 Å². The molecule has 186 valence electrons. The number of fused-ring (bicyclic) bond motifs is 5. The predicted molar refractivity (Wildman–Crippen MR) is 142 cm³/mol. The molecule has 1 aromatic heterocycles. The molecule has 0 aliphatic heterocycles. The molecule has 3 aromatic rings. The number of terminal acetylenes is 1. The summed E-state index contributed by atoms with van der Waals surface area (Å²) in [7, 11) is 7.29. The highest BCUT2D eigenvalue weighted by Gasteiger charge is 2.32. The first-order valence-corrected chi connectivity index (χ1v) is 11.3. The van der Waals surface area contributed by atoms with Gasteiger partial charge in [0.15, 0.2) is 17.6 Å². The van der Waals surface area contributed by atoms with E-state index in [0.29, 0.717) is 23.8 Å². The van der Waals surface area contributed by atoms with Crippen molar-refractivity contribution in [3.05, 3.63) is 41.5 Å². The van der Waals surface area contributed by atoms with Crippen LogP contribution in [0.15, 0.2) is 35.5 Å². The third-order valence-corrected chi connectivity index (χ3v) is 5.89. The number of oxime groups is 1. The van der Waals surface area contributed by atoms with Gasteiger partial charge in [-0.1, -0.05) is 24.9 Å². The van der Waals surface area contributed by atoms with Crippen molar-refractivity contribution in [2.75, 3.05) is 41.5 Å². The first kappa shape index (κ1) is 26.3. The maximum atomic E-state index is 5.99. The summed E-state index contributed by atoms with van der Waals surface area (Å²) in [4.78, 5) is 11.5. The standard InChI is InChI=1S/C27H31N3O4.ClH/c1-8-22(16(2)3)34-29-27-19-15-24(32-7)23(31-6)14-18(19)26-25(27)20-13-17(9-10-21(20)28-26)33-12-11-30(4)5;/h1,9-10,13-16,22,28H,11-12H2,2-7H3;1H/b29-27-;. The highest BCUT2D eigenvalue weighted by molar-refractivity contribution is 6.30. The summed E-state index contributed by atoms with van der Waals surface area (Å²) < 4.78 is 17.1. The van der Waals surface area contributed by atoms with Crippen molar-refractivity contribution in [1.29, 1.82) is 0 Å². The van der Waals surface area contributed by atoms with E-state index in [1.54, 1.807) is 14.2 Å². The fraction of sp³-hybridized carbons (Fsp3) is 0.370. The van der Waals surface area contributed by atoms with Gasteiger partial charge >= 0.3 is 0 Å². The van der Waals surface area contributed by atoms with E-state index >= 15 is 0 Å². The summed E-state index contributed by atoms with van der Waals surface area (Å²) in [6.07, 6.45) is 5.25. The van der Waals surface area contributed by atoms with Crippen molar-refractivity contribution < 1.29 is 19.0 Å². The number of rotatable bonds is 9. The molecule has 2 aromatic carbocycles. The lowest BCUT2D eigenvalue weighted by Crippen LogP contribution is -2.19. The molecule has 1 unspecified atom stereocenters. The summed E-state index contributed by atoms with van der Waals surface area (Å²) in [6.45, 7) is 5.45. The Bertz CT molecular complexity index is 1270. The monoisotopic (exact) mass is 497 g/mol. The van der Waals surface area contributed by atoms with Crippen LogP contribution in [0.5, 0.6) is 17.2 Å². The van der Waals surface area contributed by atoms with Gasteiger partial charge in [-0.3, -0.25) is 0 Å². The van der Waals surface area contributed by atoms with Gasteiger partial charge in [0.25, 0.3) is 0 Å². The second kappa shape index (κ2) is 10.9. The third-order valence-electron chi connectivity index (χ3n) is 5.89. The molecule has 0 saturated carbocycles. The molecule has 1 atom stereocenters. The quantitative estimate of drug-likeness (QED) is 0.261. The lowest BCUT2D eigenvalue weighted by atomic mass is 10.1. The van der Waals surface area contributed by atoms with Crippen molar-refractivity contribution in [3.63, 3.8) is 0 Å². The second-order valence-electron chi connectivity index (χ2n) is 8.86. The molecule has 0 amide bonds. The molecule has 4 rings (SSSR count). The smallest absolute Gasteiger partial charge is 0.189 e. The van der Waals surface area contributed by atoms with E-state index in [1.165, 1.54) is 0 Å². The average Bonchev–Trinajstić information content (AvgIpc) is 3.32. The summed E-state index contributed by atoms with van der Waals surface area (Å²) in [5, 5.41) is 5.57. The second-order valence-corrected chi connectivity index (χ2v) is 8.86. The Balaban J connectivity index is 0.00000342. The molecule has 1 aliphatic carbocycles. The minimum absolute atomic E-state index is 0. The Kier molecular flexibility index (Phi) is 8.21. The fourth-order valence-electron chi connectivity index (χ4n) is 4.02. The summed E-state index contributed by atoms with van der Waals surface area (Å²) in [6, 6.07) is 9.92. The zero-order valence-corrected chi connectivity index (χ0v) is 21.8. The van der Waals surface area contributed by atoms with Crippen molar-refractivity contribution in [2.24, 2.45) is 11.1 Å². The van der Waals surface area contributed by atoms with Crippen LogP contribution in [0.3, 0.4) is 0 Å². The van der Waals surface area contributed by atoms with Gasteiger partial charge in [0, 0.05) is 40.1 Å². The van der Waals surface area contributed by atoms with Gasteiger partial charge in [0.2, 0.25) is 0 Å². The van der Waals surface area contributed by atoms with Crippen molar-refractivity contribution in [3.8, 4) is 40.8 Å². The number of halogens is 1. The summed E-state index contributed by atoms with van der Waals surface area (Å²) in [5.74, 6) is 4.86. The molecule has 0 spiro atoms. The van der Waals surface area contributed by atoms with E-state index in [1.807, 2.05) is 58.3 Å². The van der Waals surface area contributed by atoms with Crippen LogP contribution in [-0.2, 0) is 4.84 Å². The van der Waals surface area contributed by atoms with Crippen LogP contribution in [0.1, 0.15) is 25.0 Å². The molecule has 0 bridgehead atoms. The lowest BCUT2D eigenvalue weighted by Gasteiger charge is -2.14. The van der Waals surface area contributed by atoms with Crippen LogP contribution in [0.25, 0.3) is 22.2 Å². The molecule has 0 fully saturated rings. The lowest BCUT2D eigenvalue weighted by molar-refractivity contribution is 0.0681. The topological polar surface area (TPSA) is 68.3 Å². The SMILES string of the molecule is C#CC(O/N=C1/c2cc(OC)c(OC)cc2-c2[nH]c3ccc(OCCN(C)C)cc3c21)C(C)C.Cl. The summed E-state index contributed by atoms with van der Waals surface area (Å²) >= 11 is 0. The van der Waals surface area contributed by atoms with Gasteiger partial charge in [0.05, 0.1) is 19.9 Å². The van der Waals surface area contributed by atoms with Crippen LogP contribution in [0.4, 0.5) is 0 Å². The first-order valence-electron chi connectivity index (χ1n) is 11.3. The van der Waals surface area contributed by atoms with Crippen molar-refractivity contribution >= 4 is 29.0 Å². The Hall–Kier alpha value is -3.34. The molecule has 1 heterocycles. The molecule has 0 radical (unpaired) electrons. The average molecular weight is 498 g/mol. The minimum atomic E-state index is -0.435. The number of likely N-dealkylation sites (N-methyl/N-ethyl adjacent to an activating group) is 1. The van der Waals surface area contributed by atoms with E-state index in [4.69, 9.17) is 25.5 Å². The Morgan fingerprint density at radius 2 is 1.74 bits per heavy atom. The molecule has 1 aliphatic rings. The van der Waals surface area contributed by atoms with Gasteiger partial charge in [0.1, 0.15) is 18.1 Å². The van der Waals surface area contributed by atoms with Crippen molar-refractivity contribution in [2.45, 2.75) is 20.0 Å².